The highest BCUT2D eigenvalue weighted by Crippen LogP contribution is 2.34. The Labute approximate surface area is 103 Å². The molecule has 0 heterocycles. The molecule has 1 fully saturated rings. The van der Waals surface area contributed by atoms with Gasteiger partial charge in [-0.2, -0.15) is 0 Å². The molecular weight excluding hydrogens is 214 g/mol. The summed E-state index contributed by atoms with van der Waals surface area (Å²) in [4.78, 5) is 0. The standard InChI is InChI=1S/C14H21NO2/c1-17-11-8-6-10(7-9-11)14(16)12-4-2-3-5-13(12)15/h6-9,12-14,16H,2-5,15H2,1H3/t12-,13-,14-/m0/s1. The van der Waals surface area contributed by atoms with E-state index in [-0.39, 0.29) is 12.0 Å². The van der Waals surface area contributed by atoms with Crippen molar-refractivity contribution in [2.45, 2.75) is 37.8 Å². The van der Waals surface area contributed by atoms with E-state index in [0.29, 0.717) is 0 Å². The van der Waals surface area contributed by atoms with E-state index in [2.05, 4.69) is 0 Å². The van der Waals surface area contributed by atoms with Crippen LogP contribution in [0.25, 0.3) is 0 Å². The second-order valence-corrected chi connectivity index (χ2v) is 4.83. The third-order valence-electron chi connectivity index (χ3n) is 3.74. The van der Waals surface area contributed by atoms with Crippen molar-refractivity contribution in [1.82, 2.24) is 0 Å². The van der Waals surface area contributed by atoms with Crippen LogP contribution in [0.1, 0.15) is 37.4 Å². The number of benzene rings is 1. The quantitative estimate of drug-likeness (QED) is 0.844. The fourth-order valence-corrected chi connectivity index (χ4v) is 2.63. The highest BCUT2D eigenvalue weighted by atomic mass is 16.5. The third kappa shape index (κ3) is 2.79. The molecular formula is C14H21NO2. The summed E-state index contributed by atoms with van der Waals surface area (Å²) in [5.41, 5.74) is 7.03. The molecule has 1 aliphatic carbocycles. The van der Waals surface area contributed by atoms with Crippen molar-refractivity contribution >= 4 is 0 Å². The van der Waals surface area contributed by atoms with Gasteiger partial charge >= 0.3 is 0 Å². The zero-order valence-electron chi connectivity index (χ0n) is 10.3. The first-order valence-electron chi connectivity index (χ1n) is 6.30. The minimum absolute atomic E-state index is 0.126. The summed E-state index contributed by atoms with van der Waals surface area (Å²) in [6.45, 7) is 0. The van der Waals surface area contributed by atoms with E-state index in [1.54, 1.807) is 7.11 Å². The molecule has 94 valence electrons. The number of aliphatic hydroxyl groups excluding tert-OH is 1. The van der Waals surface area contributed by atoms with Gasteiger partial charge in [0.15, 0.2) is 0 Å². The van der Waals surface area contributed by atoms with Crippen LogP contribution in [0.4, 0.5) is 0 Å². The first-order chi connectivity index (χ1) is 8.22. The number of ether oxygens (including phenoxy) is 1. The molecule has 3 N–H and O–H groups in total. The Morgan fingerprint density at radius 3 is 2.47 bits per heavy atom. The normalized spacial score (nSPS) is 26.5. The molecule has 1 aromatic rings. The highest BCUT2D eigenvalue weighted by Gasteiger charge is 2.29. The predicted octanol–water partition coefficient (Wildman–Crippen LogP) is 2.25. The van der Waals surface area contributed by atoms with Gasteiger partial charge < -0.3 is 15.6 Å². The Hall–Kier alpha value is -1.06. The molecule has 1 aromatic carbocycles. The van der Waals surface area contributed by atoms with Crippen LogP contribution < -0.4 is 10.5 Å². The molecule has 3 atom stereocenters. The number of hydrogen-bond donors (Lipinski definition) is 2. The average Bonchev–Trinajstić information content (AvgIpc) is 2.39. The van der Waals surface area contributed by atoms with E-state index >= 15 is 0 Å². The monoisotopic (exact) mass is 235 g/mol. The van der Waals surface area contributed by atoms with E-state index in [1.165, 1.54) is 12.8 Å². The van der Waals surface area contributed by atoms with E-state index in [0.717, 1.165) is 24.2 Å². The number of nitrogens with two attached hydrogens (primary N) is 1. The second-order valence-electron chi connectivity index (χ2n) is 4.83. The van der Waals surface area contributed by atoms with E-state index < -0.39 is 6.10 Å². The van der Waals surface area contributed by atoms with Gasteiger partial charge in [-0.15, -0.1) is 0 Å². The Morgan fingerprint density at radius 1 is 1.24 bits per heavy atom. The van der Waals surface area contributed by atoms with Crippen molar-refractivity contribution in [2.75, 3.05) is 7.11 Å². The highest BCUT2D eigenvalue weighted by molar-refractivity contribution is 5.28. The van der Waals surface area contributed by atoms with Crippen LogP contribution in [0.3, 0.4) is 0 Å². The van der Waals surface area contributed by atoms with Crippen LogP contribution in [-0.2, 0) is 0 Å². The number of rotatable bonds is 3. The van der Waals surface area contributed by atoms with Crippen LogP contribution >= 0.6 is 0 Å². The maximum Gasteiger partial charge on any atom is 0.118 e. The van der Waals surface area contributed by atoms with Gasteiger partial charge in [-0.3, -0.25) is 0 Å². The molecule has 0 aromatic heterocycles. The summed E-state index contributed by atoms with van der Waals surface area (Å²) in [6, 6.07) is 7.73. The van der Waals surface area contributed by atoms with Crippen LogP contribution in [0.15, 0.2) is 24.3 Å². The predicted molar refractivity (Wildman–Crippen MR) is 67.9 cm³/mol. The lowest BCUT2D eigenvalue weighted by molar-refractivity contribution is 0.0721. The molecule has 17 heavy (non-hydrogen) atoms. The van der Waals surface area contributed by atoms with Gasteiger partial charge in [0, 0.05) is 12.0 Å². The molecule has 0 amide bonds. The largest absolute Gasteiger partial charge is 0.497 e. The minimum atomic E-state index is -0.448. The molecule has 2 rings (SSSR count). The molecule has 0 aliphatic heterocycles. The maximum absolute atomic E-state index is 10.4. The SMILES string of the molecule is COc1ccc([C@H](O)[C@H]2CCCC[C@@H]2N)cc1. The van der Waals surface area contributed by atoms with Gasteiger partial charge in [0.1, 0.15) is 5.75 Å². The molecule has 1 saturated carbocycles. The van der Waals surface area contributed by atoms with Gasteiger partial charge in [0.25, 0.3) is 0 Å². The van der Waals surface area contributed by atoms with Crippen molar-refractivity contribution in [1.29, 1.82) is 0 Å². The topological polar surface area (TPSA) is 55.5 Å². The summed E-state index contributed by atoms with van der Waals surface area (Å²) in [7, 11) is 1.64. The Kier molecular flexibility index (Phi) is 4.02. The van der Waals surface area contributed by atoms with E-state index in [9.17, 15) is 5.11 Å². The second kappa shape index (κ2) is 5.52. The van der Waals surface area contributed by atoms with Crippen molar-refractivity contribution < 1.29 is 9.84 Å². The zero-order chi connectivity index (χ0) is 12.3. The van der Waals surface area contributed by atoms with Crippen LogP contribution in [0.5, 0.6) is 5.75 Å². The van der Waals surface area contributed by atoms with Gasteiger partial charge in [-0.1, -0.05) is 25.0 Å². The fourth-order valence-electron chi connectivity index (χ4n) is 2.63. The lowest BCUT2D eigenvalue weighted by Crippen LogP contribution is -2.36. The molecule has 0 radical (unpaired) electrons. The van der Waals surface area contributed by atoms with Crippen molar-refractivity contribution in [3.8, 4) is 5.75 Å². The van der Waals surface area contributed by atoms with Gasteiger partial charge in [0.2, 0.25) is 0 Å². The molecule has 1 aliphatic rings. The van der Waals surface area contributed by atoms with Crippen molar-refractivity contribution in [3.63, 3.8) is 0 Å². The zero-order valence-corrected chi connectivity index (χ0v) is 10.3. The van der Waals surface area contributed by atoms with E-state index in [1.807, 2.05) is 24.3 Å². The summed E-state index contributed by atoms with van der Waals surface area (Å²) in [5, 5.41) is 10.4. The minimum Gasteiger partial charge on any atom is -0.497 e. The van der Waals surface area contributed by atoms with Crippen molar-refractivity contribution in [3.05, 3.63) is 29.8 Å². The van der Waals surface area contributed by atoms with E-state index in [4.69, 9.17) is 10.5 Å². The first kappa shape index (κ1) is 12.4. The molecule has 3 heteroatoms. The summed E-state index contributed by atoms with van der Waals surface area (Å²) < 4.78 is 5.11. The Bertz CT molecular complexity index is 350. The fraction of sp³-hybridized carbons (Fsp3) is 0.571. The van der Waals surface area contributed by atoms with Crippen LogP contribution in [0, 0.1) is 5.92 Å². The molecule has 0 unspecified atom stereocenters. The molecule has 0 spiro atoms. The average molecular weight is 235 g/mol. The maximum atomic E-state index is 10.4. The number of methoxy groups -OCH3 is 1. The lowest BCUT2D eigenvalue weighted by atomic mass is 9.79. The van der Waals surface area contributed by atoms with Crippen LogP contribution in [0.2, 0.25) is 0 Å². The summed E-state index contributed by atoms with van der Waals surface area (Å²) in [6.07, 6.45) is 3.96. The van der Waals surface area contributed by atoms with Crippen molar-refractivity contribution in [2.24, 2.45) is 11.7 Å². The number of aliphatic hydroxyl groups is 1. The van der Waals surface area contributed by atoms with Gasteiger partial charge in [-0.05, 0) is 30.5 Å². The molecule has 3 nitrogen and oxygen atoms in total. The third-order valence-corrected chi connectivity index (χ3v) is 3.74. The van der Waals surface area contributed by atoms with Gasteiger partial charge in [0.05, 0.1) is 13.2 Å². The number of hydrogen-bond acceptors (Lipinski definition) is 3. The molecule has 0 saturated heterocycles. The summed E-state index contributed by atoms with van der Waals surface area (Å²) >= 11 is 0. The Morgan fingerprint density at radius 2 is 1.88 bits per heavy atom. The lowest BCUT2D eigenvalue weighted by Gasteiger charge is -2.32. The van der Waals surface area contributed by atoms with Crippen LogP contribution in [-0.4, -0.2) is 18.3 Å². The smallest absolute Gasteiger partial charge is 0.118 e. The molecule has 0 bridgehead atoms. The summed E-state index contributed by atoms with van der Waals surface area (Å²) in [5.74, 6) is 1.01. The Balaban J connectivity index is 2.09. The first-order valence-corrected chi connectivity index (χ1v) is 6.30. The van der Waals surface area contributed by atoms with Gasteiger partial charge in [-0.25, -0.2) is 0 Å².